The molecular weight excluding hydrogens is 284 g/mol. The van der Waals surface area contributed by atoms with Gasteiger partial charge >= 0.3 is 5.97 Å². The molecule has 0 saturated heterocycles. The maximum Gasteiger partial charge on any atom is 0.338 e. The molecule has 1 aromatic carbocycles. The highest BCUT2D eigenvalue weighted by Crippen LogP contribution is 2.46. The molecule has 0 fully saturated rings. The van der Waals surface area contributed by atoms with Gasteiger partial charge in [-0.25, -0.2) is 4.79 Å². The lowest BCUT2D eigenvalue weighted by Crippen LogP contribution is -2.34. The zero-order chi connectivity index (χ0) is 17.4. The summed E-state index contributed by atoms with van der Waals surface area (Å²) in [4.78, 5) is 12.4. The third kappa shape index (κ3) is 3.36. The van der Waals surface area contributed by atoms with Gasteiger partial charge in [0.05, 0.1) is 12.2 Å². The SMILES string of the molecule is CCOC(=O)C(=C(C)C)c1ccc2c(c1)C(C)(C)CCC2(C)C. The second kappa shape index (κ2) is 6.14. The first-order valence-corrected chi connectivity index (χ1v) is 8.60. The molecule has 0 N–H and O–H groups in total. The van der Waals surface area contributed by atoms with Gasteiger partial charge in [-0.05, 0) is 61.1 Å². The first-order chi connectivity index (χ1) is 10.6. The Morgan fingerprint density at radius 3 is 2.13 bits per heavy atom. The lowest BCUT2D eigenvalue weighted by Gasteiger charge is -2.42. The molecule has 126 valence electrons. The van der Waals surface area contributed by atoms with Gasteiger partial charge in [-0.15, -0.1) is 0 Å². The van der Waals surface area contributed by atoms with Crippen molar-refractivity contribution in [3.05, 3.63) is 40.5 Å². The summed E-state index contributed by atoms with van der Waals surface area (Å²) in [6.07, 6.45) is 2.36. The predicted octanol–water partition coefficient (Wildman–Crippen LogP) is 5.39. The number of rotatable bonds is 3. The summed E-state index contributed by atoms with van der Waals surface area (Å²) in [7, 11) is 0. The normalized spacial score (nSPS) is 18.0. The van der Waals surface area contributed by atoms with Gasteiger partial charge < -0.3 is 4.74 Å². The number of fused-ring (bicyclic) bond motifs is 1. The minimum Gasteiger partial charge on any atom is -0.462 e. The van der Waals surface area contributed by atoms with Gasteiger partial charge in [0.15, 0.2) is 0 Å². The van der Waals surface area contributed by atoms with E-state index in [9.17, 15) is 4.79 Å². The molecule has 2 nitrogen and oxygen atoms in total. The van der Waals surface area contributed by atoms with E-state index in [0.29, 0.717) is 12.2 Å². The quantitative estimate of drug-likeness (QED) is 0.552. The van der Waals surface area contributed by atoms with Crippen LogP contribution in [0.3, 0.4) is 0 Å². The fourth-order valence-corrected chi connectivity index (χ4v) is 3.56. The van der Waals surface area contributed by atoms with Crippen LogP contribution in [-0.2, 0) is 20.4 Å². The van der Waals surface area contributed by atoms with E-state index in [1.807, 2.05) is 20.8 Å². The molecule has 0 radical (unpaired) electrons. The zero-order valence-electron chi connectivity index (χ0n) is 15.7. The number of esters is 1. The third-order valence-corrected chi connectivity index (χ3v) is 5.12. The molecule has 0 bridgehead atoms. The van der Waals surface area contributed by atoms with Gasteiger partial charge in [0.2, 0.25) is 0 Å². The molecule has 2 heteroatoms. The highest BCUT2D eigenvalue weighted by atomic mass is 16.5. The van der Waals surface area contributed by atoms with Crippen LogP contribution in [0.15, 0.2) is 23.8 Å². The van der Waals surface area contributed by atoms with Crippen molar-refractivity contribution in [3.8, 4) is 0 Å². The Kier molecular flexibility index (Phi) is 4.75. The van der Waals surface area contributed by atoms with Crippen molar-refractivity contribution in [1.29, 1.82) is 0 Å². The largest absolute Gasteiger partial charge is 0.462 e. The van der Waals surface area contributed by atoms with E-state index in [-0.39, 0.29) is 16.8 Å². The number of carbonyl (C=O) groups excluding carboxylic acids is 1. The zero-order valence-corrected chi connectivity index (χ0v) is 15.7. The molecule has 0 aliphatic heterocycles. The van der Waals surface area contributed by atoms with Crippen molar-refractivity contribution in [3.63, 3.8) is 0 Å². The Balaban J connectivity index is 2.60. The molecular formula is C21H30O2. The van der Waals surface area contributed by atoms with Crippen LogP contribution in [0, 0.1) is 0 Å². The molecule has 0 spiro atoms. The highest BCUT2D eigenvalue weighted by molar-refractivity contribution is 6.17. The monoisotopic (exact) mass is 314 g/mol. The lowest BCUT2D eigenvalue weighted by atomic mass is 9.63. The van der Waals surface area contributed by atoms with E-state index in [1.54, 1.807) is 0 Å². The van der Waals surface area contributed by atoms with Crippen LogP contribution in [-0.4, -0.2) is 12.6 Å². The van der Waals surface area contributed by atoms with Gasteiger partial charge in [0, 0.05) is 0 Å². The lowest BCUT2D eigenvalue weighted by molar-refractivity contribution is -0.136. The van der Waals surface area contributed by atoms with Gasteiger partial charge in [0.25, 0.3) is 0 Å². The van der Waals surface area contributed by atoms with Gasteiger partial charge in [-0.2, -0.15) is 0 Å². The Labute approximate surface area is 140 Å². The van der Waals surface area contributed by atoms with Crippen molar-refractivity contribution in [2.45, 2.75) is 72.1 Å². The Morgan fingerprint density at radius 1 is 1.04 bits per heavy atom. The summed E-state index contributed by atoms with van der Waals surface area (Å²) in [5, 5.41) is 0. The first-order valence-electron chi connectivity index (χ1n) is 8.60. The summed E-state index contributed by atoms with van der Waals surface area (Å²) in [6, 6.07) is 6.52. The molecule has 1 aliphatic carbocycles. The Hall–Kier alpha value is -1.57. The summed E-state index contributed by atoms with van der Waals surface area (Å²) in [5.41, 5.74) is 5.79. The number of hydrogen-bond donors (Lipinski definition) is 0. The standard InChI is InChI=1S/C21H30O2/c1-8-23-19(22)18(14(2)3)15-9-10-16-17(13-15)21(6,7)12-11-20(16,4)5/h9-10,13H,8,11-12H2,1-7H3. The average Bonchev–Trinajstić information content (AvgIpc) is 2.44. The fourth-order valence-electron chi connectivity index (χ4n) is 3.56. The minimum atomic E-state index is -0.222. The maximum absolute atomic E-state index is 12.4. The summed E-state index contributed by atoms with van der Waals surface area (Å²) >= 11 is 0. The number of allylic oxidation sites excluding steroid dienone is 1. The number of carbonyl (C=O) groups is 1. The fraction of sp³-hybridized carbons (Fsp3) is 0.571. The van der Waals surface area contributed by atoms with E-state index in [2.05, 4.69) is 45.9 Å². The van der Waals surface area contributed by atoms with Crippen molar-refractivity contribution in [2.24, 2.45) is 0 Å². The van der Waals surface area contributed by atoms with Crippen molar-refractivity contribution in [1.82, 2.24) is 0 Å². The van der Waals surface area contributed by atoms with Crippen LogP contribution in [0.25, 0.3) is 5.57 Å². The number of hydrogen-bond acceptors (Lipinski definition) is 2. The van der Waals surface area contributed by atoms with Crippen LogP contribution in [0.2, 0.25) is 0 Å². The molecule has 1 aromatic rings. The van der Waals surface area contributed by atoms with Crippen molar-refractivity contribution < 1.29 is 9.53 Å². The molecule has 0 aromatic heterocycles. The van der Waals surface area contributed by atoms with E-state index < -0.39 is 0 Å². The molecule has 0 heterocycles. The molecule has 0 unspecified atom stereocenters. The van der Waals surface area contributed by atoms with Crippen molar-refractivity contribution >= 4 is 11.5 Å². The minimum absolute atomic E-state index is 0.141. The predicted molar refractivity (Wildman–Crippen MR) is 96.6 cm³/mol. The second-order valence-electron chi connectivity index (χ2n) is 8.12. The highest BCUT2D eigenvalue weighted by Gasteiger charge is 2.37. The molecule has 2 rings (SSSR count). The smallest absolute Gasteiger partial charge is 0.338 e. The topological polar surface area (TPSA) is 26.3 Å². The summed E-state index contributed by atoms with van der Waals surface area (Å²) in [6.45, 7) is 15.4. The molecule has 23 heavy (non-hydrogen) atoms. The van der Waals surface area contributed by atoms with Gasteiger partial charge in [0.1, 0.15) is 0 Å². The number of ether oxygens (including phenoxy) is 1. The third-order valence-electron chi connectivity index (χ3n) is 5.12. The van der Waals surface area contributed by atoms with Crippen LogP contribution in [0.1, 0.15) is 78.0 Å². The van der Waals surface area contributed by atoms with Crippen LogP contribution in [0.5, 0.6) is 0 Å². The average molecular weight is 314 g/mol. The maximum atomic E-state index is 12.4. The van der Waals surface area contributed by atoms with Gasteiger partial charge in [-0.3, -0.25) is 0 Å². The van der Waals surface area contributed by atoms with E-state index >= 15 is 0 Å². The van der Waals surface area contributed by atoms with Crippen LogP contribution < -0.4 is 0 Å². The van der Waals surface area contributed by atoms with E-state index in [1.165, 1.54) is 24.0 Å². The molecule has 1 aliphatic rings. The first kappa shape index (κ1) is 17.8. The van der Waals surface area contributed by atoms with E-state index in [4.69, 9.17) is 4.74 Å². The molecule has 0 saturated carbocycles. The molecule has 0 amide bonds. The van der Waals surface area contributed by atoms with Crippen LogP contribution >= 0.6 is 0 Å². The molecule has 0 atom stereocenters. The summed E-state index contributed by atoms with van der Waals surface area (Å²) in [5.74, 6) is -0.222. The van der Waals surface area contributed by atoms with Crippen LogP contribution in [0.4, 0.5) is 0 Å². The second-order valence-corrected chi connectivity index (χ2v) is 8.12. The van der Waals surface area contributed by atoms with Crippen molar-refractivity contribution in [2.75, 3.05) is 6.61 Å². The Bertz CT molecular complexity index is 644. The summed E-state index contributed by atoms with van der Waals surface area (Å²) < 4.78 is 5.26. The number of benzene rings is 1. The Morgan fingerprint density at radius 2 is 1.61 bits per heavy atom. The van der Waals surface area contributed by atoms with E-state index in [0.717, 1.165) is 11.1 Å². The van der Waals surface area contributed by atoms with Gasteiger partial charge in [-0.1, -0.05) is 51.5 Å².